The number of para-hydroxylation sites is 1. The number of aliphatic hydroxyl groups is 1. The van der Waals surface area contributed by atoms with Crippen molar-refractivity contribution in [1.29, 1.82) is 0 Å². The van der Waals surface area contributed by atoms with Crippen molar-refractivity contribution in [3.8, 4) is 0 Å². The summed E-state index contributed by atoms with van der Waals surface area (Å²) in [5, 5.41) is 11.6. The molecule has 2 atom stereocenters. The number of fused-ring (bicyclic) bond motifs is 1. The minimum Gasteiger partial charge on any atom is -0.461 e. The molecule has 1 aromatic carbocycles. The molecule has 7 nitrogen and oxygen atoms in total. The van der Waals surface area contributed by atoms with Gasteiger partial charge in [0.25, 0.3) is 0 Å². The fourth-order valence-corrected chi connectivity index (χ4v) is 3.33. The summed E-state index contributed by atoms with van der Waals surface area (Å²) in [6, 6.07) is 9.27. The number of carbonyl (C=O) groups is 1. The lowest BCUT2D eigenvalue weighted by Crippen LogP contribution is -2.29. The van der Waals surface area contributed by atoms with Crippen LogP contribution >= 0.6 is 0 Å². The number of aryl methyl sites for hydroxylation is 2. The van der Waals surface area contributed by atoms with Gasteiger partial charge in [-0.05, 0) is 56.1 Å². The Kier molecular flexibility index (Phi) is 6.99. The van der Waals surface area contributed by atoms with E-state index in [-0.39, 0.29) is 0 Å². The first-order valence-electron chi connectivity index (χ1n) is 9.88. The van der Waals surface area contributed by atoms with Crippen LogP contribution in [0.4, 0.5) is 5.82 Å². The highest BCUT2D eigenvalue weighted by molar-refractivity contribution is 5.82. The highest BCUT2D eigenvalue weighted by Crippen LogP contribution is 2.26. The average molecular weight is 409 g/mol. The summed E-state index contributed by atoms with van der Waals surface area (Å²) in [5.41, 5.74) is 15.1. The highest BCUT2D eigenvalue weighted by Gasteiger charge is 2.15. The van der Waals surface area contributed by atoms with Crippen molar-refractivity contribution in [2.75, 3.05) is 12.8 Å². The first-order chi connectivity index (χ1) is 14.4. The van der Waals surface area contributed by atoms with Crippen LogP contribution in [0.3, 0.4) is 0 Å². The van der Waals surface area contributed by atoms with E-state index in [0.717, 1.165) is 39.7 Å². The molecule has 0 aliphatic heterocycles. The standard InChI is InChI=1S/C23H28N4O3/c1-15-20(19-5-3-4-6-21(19)30-15)13-27(2)22(29)10-7-16-11-17(23(25)26-12-16)8-9-18(24)14-28/h3-7,10-12,14,18,22,29H,8-9,13,24H2,1-2H3,(H2,25,26)/b10-7+. The van der Waals surface area contributed by atoms with Gasteiger partial charge in [0.15, 0.2) is 0 Å². The number of nitrogen functional groups attached to an aromatic ring is 1. The zero-order valence-electron chi connectivity index (χ0n) is 17.3. The Morgan fingerprint density at radius 2 is 2.10 bits per heavy atom. The fraction of sp³-hybridized carbons (Fsp3) is 0.304. The van der Waals surface area contributed by atoms with E-state index in [4.69, 9.17) is 15.9 Å². The van der Waals surface area contributed by atoms with Crippen LogP contribution in [0.1, 0.15) is 28.9 Å². The molecule has 30 heavy (non-hydrogen) atoms. The van der Waals surface area contributed by atoms with Crippen molar-refractivity contribution >= 4 is 29.1 Å². The van der Waals surface area contributed by atoms with Gasteiger partial charge in [0.1, 0.15) is 29.7 Å². The van der Waals surface area contributed by atoms with Crippen LogP contribution in [-0.4, -0.2) is 40.6 Å². The SMILES string of the molecule is Cc1oc2ccccc2c1CN(C)C(O)/C=C/c1cnc(N)c(CCC(N)C=O)c1. The molecule has 3 aromatic rings. The van der Waals surface area contributed by atoms with Crippen molar-refractivity contribution in [3.05, 3.63) is 65.1 Å². The summed E-state index contributed by atoms with van der Waals surface area (Å²) in [7, 11) is 1.85. The number of likely N-dealkylation sites (N-methyl/N-ethyl adjacent to an activating group) is 1. The lowest BCUT2D eigenvalue weighted by molar-refractivity contribution is -0.109. The van der Waals surface area contributed by atoms with E-state index in [2.05, 4.69) is 4.98 Å². The topological polar surface area (TPSA) is 119 Å². The smallest absolute Gasteiger partial charge is 0.136 e. The number of hydrogen-bond donors (Lipinski definition) is 3. The third kappa shape index (κ3) is 5.13. The zero-order chi connectivity index (χ0) is 21.7. The van der Waals surface area contributed by atoms with Crippen molar-refractivity contribution in [1.82, 2.24) is 9.88 Å². The highest BCUT2D eigenvalue weighted by atomic mass is 16.3. The molecule has 0 bridgehead atoms. The number of nitrogens with two attached hydrogens (primary N) is 2. The van der Waals surface area contributed by atoms with Gasteiger partial charge in [-0.15, -0.1) is 0 Å². The molecule has 0 saturated carbocycles. The van der Waals surface area contributed by atoms with Crippen LogP contribution < -0.4 is 11.5 Å². The number of hydrogen-bond acceptors (Lipinski definition) is 7. The van der Waals surface area contributed by atoms with Crippen LogP contribution in [0.2, 0.25) is 0 Å². The molecule has 0 saturated heterocycles. The van der Waals surface area contributed by atoms with E-state index < -0.39 is 12.3 Å². The maximum absolute atomic E-state index is 10.7. The molecule has 0 amide bonds. The molecular formula is C23H28N4O3. The molecular weight excluding hydrogens is 380 g/mol. The zero-order valence-corrected chi connectivity index (χ0v) is 17.3. The molecule has 0 aliphatic rings. The summed E-state index contributed by atoms with van der Waals surface area (Å²) in [4.78, 5) is 16.7. The molecule has 0 spiro atoms. The third-order valence-electron chi connectivity index (χ3n) is 5.16. The number of nitrogens with zero attached hydrogens (tertiary/aromatic N) is 2. The normalized spacial score (nSPS) is 13.9. The number of carbonyl (C=O) groups excluding carboxylic acids is 1. The maximum atomic E-state index is 10.7. The molecule has 5 N–H and O–H groups in total. The second kappa shape index (κ2) is 9.67. The van der Waals surface area contributed by atoms with Crippen molar-refractivity contribution in [2.24, 2.45) is 5.73 Å². The Balaban J connectivity index is 1.68. The lowest BCUT2D eigenvalue weighted by atomic mass is 10.1. The summed E-state index contributed by atoms with van der Waals surface area (Å²) in [6.45, 7) is 2.48. The quantitative estimate of drug-likeness (QED) is 0.368. The van der Waals surface area contributed by atoms with Crippen LogP contribution in [0.15, 0.2) is 47.0 Å². The number of furan rings is 1. The molecule has 2 aromatic heterocycles. The molecule has 2 heterocycles. The summed E-state index contributed by atoms with van der Waals surface area (Å²) < 4.78 is 5.80. The Morgan fingerprint density at radius 1 is 1.33 bits per heavy atom. The van der Waals surface area contributed by atoms with Gasteiger partial charge >= 0.3 is 0 Å². The minimum absolute atomic E-state index is 0.422. The first-order valence-corrected chi connectivity index (χ1v) is 9.88. The Morgan fingerprint density at radius 3 is 2.87 bits per heavy atom. The number of rotatable bonds is 9. The van der Waals surface area contributed by atoms with Gasteiger partial charge in [-0.1, -0.05) is 24.3 Å². The number of anilines is 1. The summed E-state index contributed by atoms with van der Waals surface area (Å²) in [5.74, 6) is 1.27. The van der Waals surface area contributed by atoms with Gasteiger partial charge < -0.3 is 25.8 Å². The monoisotopic (exact) mass is 408 g/mol. The van der Waals surface area contributed by atoms with Crippen molar-refractivity contribution in [2.45, 2.75) is 38.6 Å². The van der Waals surface area contributed by atoms with Crippen molar-refractivity contribution in [3.63, 3.8) is 0 Å². The van der Waals surface area contributed by atoms with Crippen molar-refractivity contribution < 1.29 is 14.3 Å². The minimum atomic E-state index is -0.789. The van der Waals surface area contributed by atoms with Crippen LogP contribution in [0.5, 0.6) is 0 Å². The molecule has 7 heteroatoms. The number of aldehydes is 1. The number of benzene rings is 1. The lowest BCUT2D eigenvalue weighted by Gasteiger charge is -2.20. The predicted molar refractivity (Wildman–Crippen MR) is 118 cm³/mol. The number of aromatic nitrogens is 1. The number of aliphatic hydroxyl groups excluding tert-OH is 1. The van der Waals surface area contributed by atoms with Gasteiger partial charge in [0, 0.05) is 23.7 Å². The molecule has 0 aliphatic carbocycles. The summed E-state index contributed by atoms with van der Waals surface area (Å²) in [6.07, 6.45) is 6.16. The van der Waals surface area contributed by atoms with E-state index in [1.54, 1.807) is 18.3 Å². The molecule has 0 radical (unpaired) electrons. The fourth-order valence-electron chi connectivity index (χ4n) is 3.33. The van der Waals surface area contributed by atoms with Gasteiger partial charge in [-0.2, -0.15) is 0 Å². The largest absolute Gasteiger partial charge is 0.461 e. The number of pyridine rings is 1. The van der Waals surface area contributed by atoms with Gasteiger partial charge in [0.05, 0.1) is 6.04 Å². The Labute approximate surface area is 176 Å². The van der Waals surface area contributed by atoms with Gasteiger partial charge in [-0.25, -0.2) is 4.98 Å². The third-order valence-corrected chi connectivity index (χ3v) is 5.16. The second-order valence-electron chi connectivity index (χ2n) is 7.47. The van der Waals surface area contributed by atoms with Crippen LogP contribution in [-0.2, 0) is 17.8 Å². The Hall–Kier alpha value is -3.00. The Bertz CT molecular complexity index is 1040. The predicted octanol–water partition coefficient (Wildman–Crippen LogP) is 2.64. The van der Waals surface area contributed by atoms with E-state index in [1.807, 2.05) is 49.2 Å². The molecule has 0 fully saturated rings. The van der Waals surface area contributed by atoms with Crippen LogP contribution in [0, 0.1) is 6.92 Å². The van der Waals surface area contributed by atoms with Gasteiger partial charge in [-0.3, -0.25) is 4.90 Å². The molecule has 3 rings (SSSR count). The van der Waals surface area contributed by atoms with E-state index in [1.165, 1.54) is 0 Å². The van der Waals surface area contributed by atoms with Gasteiger partial charge in [0.2, 0.25) is 0 Å². The summed E-state index contributed by atoms with van der Waals surface area (Å²) >= 11 is 0. The van der Waals surface area contributed by atoms with E-state index >= 15 is 0 Å². The van der Waals surface area contributed by atoms with Crippen LogP contribution in [0.25, 0.3) is 17.0 Å². The van der Waals surface area contributed by atoms with E-state index in [0.29, 0.717) is 25.2 Å². The maximum Gasteiger partial charge on any atom is 0.136 e. The average Bonchev–Trinajstić information content (AvgIpc) is 3.06. The first kappa shape index (κ1) is 21.7. The molecule has 158 valence electrons. The molecule has 2 unspecified atom stereocenters. The second-order valence-corrected chi connectivity index (χ2v) is 7.47. The van der Waals surface area contributed by atoms with E-state index in [9.17, 15) is 9.90 Å².